The van der Waals surface area contributed by atoms with E-state index in [0.29, 0.717) is 29.2 Å². The van der Waals surface area contributed by atoms with Gasteiger partial charge in [-0.1, -0.05) is 48.0 Å². The summed E-state index contributed by atoms with van der Waals surface area (Å²) in [7, 11) is -3.70. The Morgan fingerprint density at radius 2 is 1.61 bits per heavy atom. The van der Waals surface area contributed by atoms with E-state index in [0.717, 1.165) is 5.56 Å². The fourth-order valence-electron chi connectivity index (χ4n) is 2.61. The Labute approximate surface area is 169 Å². The lowest BCUT2D eigenvalue weighted by atomic mass is 10.1. The highest BCUT2D eigenvalue weighted by molar-refractivity contribution is 7.92. The third-order valence-corrected chi connectivity index (χ3v) is 5.69. The molecule has 0 aliphatic carbocycles. The quantitative estimate of drug-likeness (QED) is 0.610. The topological polar surface area (TPSA) is 75.3 Å². The summed E-state index contributed by atoms with van der Waals surface area (Å²) in [4.78, 5) is 12.5. The number of sulfonamides is 1. The van der Waals surface area contributed by atoms with E-state index >= 15 is 0 Å². The molecule has 5 nitrogen and oxygen atoms in total. The molecule has 0 aliphatic heterocycles. The van der Waals surface area contributed by atoms with Crippen LogP contribution in [0.5, 0.6) is 0 Å². The number of carbonyl (C=O) groups excluding carboxylic acids is 1. The van der Waals surface area contributed by atoms with Gasteiger partial charge < -0.3 is 5.32 Å². The van der Waals surface area contributed by atoms with Gasteiger partial charge in [-0.05, 0) is 54.4 Å². The van der Waals surface area contributed by atoms with Crippen molar-refractivity contribution in [2.75, 3.05) is 11.3 Å². The standard InChI is InChI=1S/C21H19ClN2O3S/c22-18-11-9-16(10-12-18)13-14-23-21(25)17-5-4-6-19(15-17)24-28(26,27)20-7-2-1-3-8-20/h1-12,15,24H,13-14H2,(H,23,25). The number of anilines is 1. The molecule has 0 aromatic heterocycles. The van der Waals surface area contributed by atoms with E-state index in [9.17, 15) is 13.2 Å². The zero-order chi connectivity index (χ0) is 20.0. The van der Waals surface area contributed by atoms with Gasteiger partial charge in [0.15, 0.2) is 0 Å². The second-order valence-corrected chi connectivity index (χ2v) is 8.25. The smallest absolute Gasteiger partial charge is 0.261 e. The van der Waals surface area contributed by atoms with Crippen molar-refractivity contribution in [1.82, 2.24) is 5.32 Å². The lowest BCUT2D eigenvalue weighted by Gasteiger charge is -2.10. The highest BCUT2D eigenvalue weighted by Crippen LogP contribution is 2.17. The zero-order valence-corrected chi connectivity index (χ0v) is 16.5. The molecule has 28 heavy (non-hydrogen) atoms. The summed E-state index contributed by atoms with van der Waals surface area (Å²) in [6, 6.07) is 21.9. The van der Waals surface area contributed by atoms with Crippen molar-refractivity contribution in [3.05, 3.63) is 95.0 Å². The molecule has 3 aromatic rings. The Balaban J connectivity index is 1.62. The van der Waals surface area contributed by atoms with Gasteiger partial charge in [0.25, 0.3) is 15.9 Å². The summed E-state index contributed by atoms with van der Waals surface area (Å²) in [5.74, 6) is -0.269. The third-order valence-electron chi connectivity index (χ3n) is 4.04. The molecule has 0 atom stereocenters. The van der Waals surface area contributed by atoms with Gasteiger partial charge in [-0.3, -0.25) is 9.52 Å². The number of rotatable bonds is 7. The SMILES string of the molecule is O=C(NCCc1ccc(Cl)cc1)c1cccc(NS(=O)(=O)c2ccccc2)c1. The summed E-state index contributed by atoms with van der Waals surface area (Å²) < 4.78 is 27.3. The van der Waals surface area contributed by atoms with Crippen LogP contribution in [0.2, 0.25) is 5.02 Å². The third kappa shape index (κ3) is 5.34. The molecule has 0 radical (unpaired) electrons. The Bertz CT molecular complexity index is 1050. The minimum Gasteiger partial charge on any atom is -0.352 e. The van der Waals surface area contributed by atoms with E-state index in [1.807, 2.05) is 12.1 Å². The maximum atomic E-state index is 12.4. The number of carbonyl (C=O) groups is 1. The predicted octanol–water partition coefficient (Wildman–Crippen LogP) is 4.11. The number of amides is 1. The van der Waals surface area contributed by atoms with E-state index < -0.39 is 10.0 Å². The van der Waals surface area contributed by atoms with Gasteiger partial charge in [0.1, 0.15) is 0 Å². The van der Waals surface area contributed by atoms with Crippen LogP contribution in [0, 0.1) is 0 Å². The van der Waals surface area contributed by atoms with Gasteiger partial charge in [-0.2, -0.15) is 0 Å². The Morgan fingerprint density at radius 1 is 0.893 bits per heavy atom. The van der Waals surface area contributed by atoms with Crippen molar-refractivity contribution in [1.29, 1.82) is 0 Å². The fourth-order valence-corrected chi connectivity index (χ4v) is 3.81. The molecule has 0 saturated carbocycles. The van der Waals surface area contributed by atoms with Crippen LogP contribution in [0.15, 0.2) is 83.8 Å². The van der Waals surface area contributed by atoms with Gasteiger partial charge in [0, 0.05) is 22.8 Å². The first-order chi connectivity index (χ1) is 13.4. The first kappa shape index (κ1) is 19.9. The van der Waals surface area contributed by atoms with Crippen LogP contribution < -0.4 is 10.0 Å². The summed E-state index contributed by atoms with van der Waals surface area (Å²) in [6.45, 7) is 0.459. The Kier molecular flexibility index (Phi) is 6.34. The van der Waals surface area contributed by atoms with Crippen LogP contribution >= 0.6 is 11.6 Å². The predicted molar refractivity (Wildman–Crippen MR) is 111 cm³/mol. The number of halogens is 1. The van der Waals surface area contributed by atoms with Crippen molar-refractivity contribution in [3.63, 3.8) is 0 Å². The average Bonchev–Trinajstić information content (AvgIpc) is 2.70. The molecular weight excluding hydrogens is 396 g/mol. The molecule has 0 heterocycles. The Hall–Kier alpha value is -2.83. The molecular formula is C21H19ClN2O3S. The van der Waals surface area contributed by atoms with Crippen LogP contribution in [-0.4, -0.2) is 20.9 Å². The molecule has 0 bridgehead atoms. The normalized spacial score (nSPS) is 11.0. The van der Waals surface area contributed by atoms with Crippen LogP contribution in [0.4, 0.5) is 5.69 Å². The zero-order valence-electron chi connectivity index (χ0n) is 14.9. The van der Waals surface area contributed by atoms with Gasteiger partial charge in [0.2, 0.25) is 0 Å². The van der Waals surface area contributed by atoms with E-state index in [2.05, 4.69) is 10.0 Å². The van der Waals surface area contributed by atoms with Crippen molar-refractivity contribution in [2.24, 2.45) is 0 Å². The number of hydrogen-bond acceptors (Lipinski definition) is 3. The molecule has 0 fully saturated rings. The number of benzene rings is 3. The number of nitrogens with one attached hydrogen (secondary N) is 2. The maximum Gasteiger partial charge on any atom is 0.261 e. The van der Waals surface area contributed by atoms with Crippen molar-refractivity contribution < 1.29 is 13.2 Å². The van der Waals surface area contributed by atoms with Crippen molar-refractivity contribution in [3.8, 4) is 0 Å². The van der Waals surface area contributed by atoms with E-state index in [4.69, 9.17) is 11.6 Å². The van der Waals surface area contributed by atoms with Crippen LogP contribution in [0.3, 0.4) is 0 Å². The van der Waals surface area contributed by atoms with Crippen LogP contribution in [0.1, 0.15) is 15.9 Å². The van der Waals surface area contributed by atoms with E-state index in [-0.39, 0.29) is 10.8 Å². The molecule has 2 N–H and O–H groups in total. The van der Waals surface area contributed by atoms with E-state index in [1.165, 1.54) is 18.2 Å². The molecule has 3 rings (SSSR count). The summed E-state index contributed by atoms with van der Waals surface area (Å²) in [5, 5.41) is 3.50. The summed E-state index contributed by atoms with van der Waals surface area (Å²) in [5.41, 5.74) is 1.77. The monoisotopic (exact) mass is 414 g/mol. The second kappa shape index (κ2) is 8.91. The lowest BCUT2D eigenvalue weighted by Crippen LogP contribution is -2.25. The molecule has 0 unspecified atom stereocenters. The molecule has 0 saturated heterocycles. The van der Waals surface area contributed by atoms with E-state index in [1.54, 1.807) is 48.5 Å². The maximum absolute atomic E-state index is 12.4. The minimum atomic E-state index is -3.70. The highest BCUT2D eigenvalue weighted by Gasteiger charge is 2.14. The lowest BCUT2D eigenvalue weighted by molar-refractivity contribution is 0.0954. The second-order valence-electron chi connectivity index (χ2n) is 6.13. The van der Waals surface area contributed by atoms with Crippen molar-refractivity contribution >= 4 is 33.2 Å². The molecule has 1 amide bonds. The summed E-state index contributed by atoms with van der Waals surface area (Å²) in [6.07, 6.45) is 0.670. The number of hydrogen-bond donors (Lipinski definition) is 2. The molecule has 0 aliphatic rings. The molecule has 0 spiro atoms. The molecule has 144 valence electrons. The fraction of sp³-hybridized carbons (Fsp3) is 0.0952. The largest absolute Gasteiger partial charge is 0.352 e. The first-order valence-corrected chi connectivity index (χ1v) is 10.5. The van der Waals surface area contributed by atoms with Crippen molar-refractivity contribution in [2.45, 2.75) is 11.3 Å². The van der Waals surface area contributed by atoms with Gasteiger partial charge in [-0.15, -0.1) is 0 Å². The summed E-state index contributed by atoms with van der Waals surface area (Å²) >= 11 is 5.86. The molecule has 3 aromatic carbocycles. The van der Waals surface area contributed by atoms with Gasteiger partial charge >= 0.3 is 0 Å². The van der Waals surface area contributed by atoms with Gasteiger partial charge in [0.05, 0.1) is 4.90 Å². The first-order valence-electron chi connectivity index (χ1n) is 8.65. The van der Waals surface area contributed by atoms with Gasteiger partial charge in [-0.25, -0.2) is 8.42 Å². The minimum absolute atomic E-state index is 0.160. The van der Waals surface area contributed by atoms with Crippen LogP contribution in [-0.2, 0) is 16.4 Å². The van der Waals surface area contributed by atoms with Crippen LogP contribution in [0.25, 0.3) is 0 Å². The Morgan fingerprint density at radius 3 is 2.32 bits per heavy atom. The average molecular weight is 415 g/mol. The highest BCUT2D eigenvalue weighted by atomic mass is 35.5. The molecule has 7 heteroatoms.